The Balaban J connectivity index is 1.81. The van der Waals surface area contributed by atoms with Gasteiger partial charge in [-0.3, -0.25) is 9.36 Å². The van der Waals surface area contributed by atoms with E-state index < -0.39 is 11.7 Å². The van der Waals surface area contributed by atoms with Crippen LogP contribution < -0.4 is 11.5 Å². The number of H-pyrrole nitrogens is 1. The minimum atomic E-state index is -0.533. The Morgan fingerprint density at radius 1 is 1.24 bits per heavy atom. The zero-order valence-electron chi connectivity index (χ0n) is 13.1. The lowest BCUT2D eigenvalue weighted by Crippen LogP contribution is -2.19. The Kier molecular flexibility index (Phi) is 3.42. The molecular weight excluding hydrogens is 325 g/mol. The SMILES string of the molecule is NC(=O)CCn1c(=O)oc2cc(-c3c[nH]c4cc(F)ccc34)ccc21. The van der Waals surface area contributed by atoms with Crippen LogP contribution in [0.2, 0.25) is 0 Å². The van der Waals surface area contributed by atoms with Crippen LogP contribution in [0.25, 0.3) is 33.1 Å². The molecule has 3 N–H and O–H groups in total. The number of primary amides is 1. The number of aromatic amines is 1. The van der Waals surface area contributed by atoms with Gasteiger partial charge in [0.15, 0.2) is 5.58 Å². The molecule has 0 bridgehead atoms. The molecule has 2 aromatic heterocycles. The van der Waals surface area contributed by atoms with Crippen molar-refractivity contribution in [1.82, 2.24) is 9.55 Å². The van der Waals surface area contributed by atoms with Gasteiger partial charge in [0.25, 0.3) is 0 Å². The first-order valence-electron chi connectivity index (χ1n) is 7.71. The predicted octanol–water partition coefficient (Wildman–Crippen LogP) is 2.76. The number of benzene rings is 2. The number of carbonyl (C=O) groups excluding carboxylic acids is 1. The number of nitrogens with two attached hydrogens (primary N) is 1. The van der Waals surface area contributed by atoms with E-state index in [-0.39, 0.29) is 18.8 Å². The van der Waals surface area contributed by atoms with Gasteiger partial charge in [-0.05, 0) is 35.9 Å². The van der Waals surface area contributed by atoms with Crippen LogP contribution in [-0.4, -0.2) is 15.5 Å². The summed E-state index contributed by atoms with van der Waals surface area (Å²) < 4.78 is 20.0. The van der Waals surface area contributed by atoms with Gasteiger partial charge in [-0.1, -0.05) is 6.07 Å². The normalized spacial score (nSPS) is 11.4. The standard InChI is InChI=1S/C18H14FN3O3/c19-11-2-3-12-13(9-21-14(12)8-11)10-1-4-15-16(7-10)25-18(24)22(15)6-5-17(20)23/h1-4,7-9,21H,5-6H2,(H2,20,23). The monoisotopic (exact) mass is 339 g/mol. The van der Waals surface area contributed by atoms with Crippen molar-refractivity contribution in [2.75, 3.05) is 0 Å². The van der Waals surface area contributed by atoms with E-state index >= 15 is 0 Å². The van der Waals surface area contributed by atoms with Gasteiger partial charge < -0.3 is 15.1 Å². The smallest absolute Gasteiger partial charge is 0.408 e. The third kappa shape index (κ3) is 2.59. The second-order valence-corrected chi connectivity index (χ2v) is 5.81. The number of aryl methyl sites for hydroxylation is 1. The molecule has 6 nitrogen and oxygen atoms in total. The maximum atomic E-state index is 13.3. The molecule has 4 aromatic rings. The summed E-state index contributed by atoms with van der Waals surface area (Å²) in [6.07, 6.45) is 1.85. The lowest BCUT2D eigenvalue weighted by Gasteiger charge is -2.02. The molecule has 0 radical (unpaired) electrons. The van der Waals surface area contributed by atoms with E-state index in [2.05, 4.69) is 4.98 Å². The van der Waals surface area contributed by atoms with Gasteiger partial charge in [-0.25, -0.2) is 9.18 Å². The van der Waals surface area contributed by atoms with Crippen molar-refractivity contribution >= 4 is 27.9 Å². The first-order valence-corrected chi connectivity index (χ1v) is 7.71. The molecular formula is C18H14FN3O3. The van der Waals surface area contributed by atoms with E-state index in [1.54, 1.807) is 24.4 Å². The van der Waals surface area contributed by atoms with Crippen molar-refractivity contribution in [3.63, 3.8) is 0 Å². The highest BCUT2D eigenvalue weighted by molar-refractivity contribution is 5.97. The number of carbonyl (C=O) groups is 1. The van der Waals surface area contributed by atoms with Gasteiger partial charge >= 0.3 is 5.76 Å². The summed E-state index contributed by atoms with van der Waals surface area (Å²) >= 11 is 0. The van der Waals surface area contributed by atoms with Crippen LogP contribution in [0.5, 0.6) is 0 Å². The molecule has 0 saturated carbocycles. The average Bonchev–Trinajstić information content (AvgIpc) is 3.11. The number of hydrogen-bond acceptors (Lipinski definition) is 3. The highest BCUT2D eigenvalue weighted by Gasteiger charge is 2.13. The lowest BCUT2D eigenvalue weighted by atomic mass is 10.0. The predicted molar refractivity (Wildman–Crippen MR) is 91.5 cm³/mol. The topological polar surface area (TPSA) is 94.0 Å². The zero-order chi connectivity index (χ0) is 17.6. The summed E-state index contributed by atoms with van der Waals surface area (Å²) in [7, 11) is 0. The molecule has 2 aromatic carbocycles. The van der Waals surface area contributed by atoms with Crippen LogP contribution in [0.3, 0.4) is 0 Å². The van der Waals surface area contributed by atoms with Gasteiger partial charge in [0.1, 0.15) is 5.82 Å². The van der Waals surface area contributed by atoms with E-state index in [0.717, 1.165) is 16.5 Å². The minimum Gasteiger partial charge on any atom is -0.408 e. The Morgan fingerprint density at radius 3 is 2.88 bits per heavy atom. The number of nitrogens with zero attached hydrogens (tertiary/aromatic N) is 1. The summed E-state index contributed by atoms with van der Waals surface area (Å²) in [5.41, 5.74) is 8.56. The van der Waals surface area contributed by atoms with Crippen LogP contribution in [-0.2, 0) is 11.3 Å². The third-order valence-electron chi connectivity index (χ3n) is 4.20. The molecule has 0 aliphatic rings. The van der Waals surface area contributed by atoms with Gasteiger partial charge in [-0.15, -0.1) is 0 Å². The van der Waals surface area contributed by atoms with Crippen LogP contribution >= 0.6 is 0 Å². The van der Waals surface area contributed by atoms with Crippen LogP contribution in [0.1, 0.15) is 6.42 Å². The van der Waals surface area contributed by atoms with Crippen molar-refractivity contribution < 1.29 is 13.6 Å². The van der Waals surface area contributed by atoms with E-state index in [4.69, 9.17) is 10.2 Å². The van der Waals surface area contributed by atoms with E-state index in [1.165, 1.54) is 16.7 Å². The number of oxazole rings is 1. The Labute approximate surface area is 140 Å². The van der Waals surface area contributed by atoms with Crippen molar-refractivity contribution in [2.24, 2.45) is 5.73 Å². The van der Waals surface area contributed by atoms with Gasteiger partial charge in [0.2, 0.25) is 5.91 Å². The van der Waals surface area contributed by atoms with Crippen molar-refractivity contribution in [3.05, 3.63) is 59.0 Å². The summed E-state index contributed by atoms with van der Waals surface area (Å²) in [4.78, 5) is 26.0. The first kappa shape index (κ1) is 15.2. The van der Waals surface area contributed by atoms with Gasteiger partial charge in [-0.2, -0.15) is 0 Å². The van der Waals surface area contributed by atoms with E-state index in [9.17, 15) is 14.0 Å². The fourth-order valence-electron chi connectivity index (χ4n) is 3.00. The maximum Gasteiger partial charge on any atom is 0.419 e. The second kappa shape index (κ2) is 5.62. The first-order chi connectivity index (χ1) is 12.0. The Morgan fingerprint density at radius 2 is 2.08 bits per heavy atom. The van der Waals surface area contributed by atoms with Crippen molar-refractivity contribution in [1.29, 1.82) is 0 Å². The van der Waals surface area contributed by atoms with Crippen molar-refractivity contribution in [3.8, 4) is 11.1 Å². The lowest BCUT2D eigenvalue weighted by molar-refractivity contribution is -0.118. The van der Waals surface area contributed by atoms with E-state index in [1.807, 2.05) is 6.07 Å². The largest absolute Gasteiger partial charge is 0.419 e. The fourth-order valence-corrected chi connectivity index (χ4v) is 3.00. The number of amides is 1. The number of aromatic nitrogens is 2. The molecule has 4 rings (SSSR count). The number of nitrogens with one attached hydrogen (secondary N) is 1. The molecule has 25 heavy (non-hydrogen) atoms. The average molecular weight is 339 g/mol. The molecule has 0 spiro atoms. The summed E-state index contributed by atoms with van der Waals surface area (Å²) in [6.45, 7) is 0.173. The molecule has 126 valence electrons. The quantitative estimate of drug-likeness (QED) is 0.598. The second-order valence-electron chi connectivity index (χ2n) is 5.81. The minimum absolute atomic E-state index is 0.0598. The van der Waals surface area contributed by atoms with Gasteiger partial charge in [0.05, 0.1) is 5.52 Å². The molecule has 1 amide bonds. The third-order valence-corrected chi connectivity index (χ3v) is 4.20. The summed E-state index contributed by atoms with van der Waals surface area (Å²) in [6, 6.07) is 9.90. The van der Waals surface area contributed by atoms with Crippen LogP contribution in [0.15, 0.2) is 51.8 Å². The highest BCUT2D eigenvalue weighted by atomic mass is 19.1. The number of hydrogen-bond donors (Lipinski definition) is 2. The summed E-state index contributed by atoms with van der Waals surface area (Å²) in [5.74, 6) is -1.33. The number of rotatable bonds is 4. The number of fused-ring (bicyclic) bond motifs is 2. The zero-order valence-corrected chi connectivity index (χ0v) is 13.1. The molecule has 0 aliphatic heterocycles. The molecule has 0 fully saturated rings. The molecule has 0 atom stereocenters. The highest BCUT2D eigenvalue weighted by Crippen LogP contribution is 2.31. The van der Waals surface area contributed by atoms with Crippen LogP contribution in [0, 0.1) is 5.82 Å². The number of halogens is 1. The molecule has 7 heteroatoms. The Hall–Kier alpha value is -3.35. The Bertz CT molecular complexity index is 1170. The summed E-state index contributed by atoms with van der Waals surface area (Å²) in [5, 5.41) is 0.872. The van der Waals surface area contributed by atoms with Crippen molar-refractivity contribution in [2.45, 2.75) is 13.0 Å². The van der Waals surface area contributed by atoms with Crippen LogP contribution in [0.4, 0.5) is 4.39 Å². The molecule has 0 aliphatic carbocycles. The maximum absolute atomic E-state index is 13.3. The molecule has 0 saturated heterocycles. The van der Waals surface area contributed by atoms with E-state index in [0.29, 0.717) is 16.6 Å². The molecule has 0 unspecified atom stereocenters. The molecule has 2 heterocycles. The fraction of sp³-hybridized carbons (Fsp3) is 0.111. The van der Waals surface area contributed by atoms with Gasteiger partial charge in [0, 0.05) is 35.6 Å².